The number of ether oxygens (including phenoxy) is 1. The molecule has 1 aliphatic carbocycles. The zero-order valence-electron chi connectivity index (χ0n) is 15.3. The molecule has 5 heteroatoms. The summed E-state index contributed by atoms with van der Waals surface area (Å²) in [7, 11) is 1.31. The van der Waals surface area contributed by atoms with Crippen LogP contribution in [-0.2, 0) is 9.53 Å². The van der Waals surface area contributed by atoms with E-state index in [1.807, 2.05) is 30.3 Å². The minimum absolute atomic E-state index is 0.153. The van der Waals surface area contributed by atoms with Gasteiger partial charge < -0.3 is 14.8 Å². The Morgan fingerprint density at radius 2 is 1.70 bits per heavy atom. The number of esters is 1. The van der Waals surface area contributed by atoms with E-state index in [1.54, 1.807) is 12.1 Å². The van der Waals surface area contributed by atoms with E-state index in [4.69, 9.17) is 4.74 Å². The fourth-order valence-electron chi connectivity index (χ4n) is 3.55. The lowest BCUT2D eigenvalue weighted by Gasteiger charge is -2.28. The number of amides is 1. The molecule has 1 N–H and O–H groups in total. The number of hydrogen-bond donors (Lipinski definition) is 1. The van der Waals surface area contributed by atoms with E-state index in [9.17, 15) is 14.4 Å². The Labute approximate surface area is 158 Å². The van der Waals surface area contributed by atoms with Crippen molar-refractivity contribution in [1.29, 1.82) is 0 Å². The molecule has 1 aliphatic rings. The Bertz CT molecular complexity index is 831. The molecule has 0 saturated heterocycles. The highest BCUT2D eigenvalue weighted by molar-refractivity contribution is 6.00. The minimum atomic E-state index is -0.495. The van der Waals surface area contributed by atoms with Crippen molar-refractivity contribution in [1.82, 2.24) is 5.32 Å². The van der Waals surface area contributed by atoms with Gasteiger partial charge in [0, 0.05) is 17.5 Å². The summed E-state index contributed by atoms with van der Waals surface area (Å²) in [5.41, 5.74) is 2.37. The lowest BCUT2D eigenvalue weighted by Crippen LogP contribution is -2.42. The summed E-state index contributed by atoms with van der Waals surface area (Å²) < 4.78 is 4.83. The summed E-state index contributed by atoms with van der Waals surface area (Å²) in [6, 6.07) is 14.4. The third-order valence-corrected chi connectivity index (χ3v) is 5.03. The van der Waals surface area contributed by atoms with E-state index in [0.29, 0.717) is 11.1 Å². The van der Waals surface area contributed by atoms with E-state index in [2.05, 4.69) is 5.32 Å². The molecule has 140 valence electrons. The normalized spacial score (nSPS) is 19.1. The number of nitrogens with one attached hydrogen (secondary N) is 1. The Kier molecular flexibility index (Phi) is 6.01. The van der Waals surface area contributed by atoms with Crippen molar-refractivity contribution in [3.8, 4) is 11.1 Å². The predicted octanol–water partition coefficient (Wildman–Crippen LogP) is 3.63. The molecule has 1 fully saturated rings. The van der Waals surface area contributed by atoms with Gasteiger partial charge >= 0.3 is 5.97 Å². The second kappa shape index (κ2) is 8.62. The van der Waals surface area contributed by atoms with Gasteiger partial charge in [-0.25, -0.2) is 4.79 Å². The molecule has 0 bridgehead atoms. The van der Waals surface area contributed by atoms with Gasteiger partial charge in [0.15, 0.2) is 0 Å². The van der Waals surface area contributed by atoms with E-state index < -0.39 is 5.97 Å². The van der Waals surface area contributed by atoms with Gasteiger partial charge in [-0.05, 0) is 42.2 Å². The zero-order valence-corrected chi connectivity index (χ0v) is 15.3. The van der Waals surface area contributed by atoms with Gasteiger partial charge in [0.1, 0.15) is 6.29 Å². The molecule has 2 atom stereocenters. The van der Waals surface area contributed by atoms with Crippen molar-refractivity contribution in [2.24, 2.45) is 5.92 Å². The van der Waals surface area contributed by atoms with Crippen molar-refractivity contribution < 1.29 is 19.1 Å². The molecule has 5 nitrogen and oxygen atoms in total. The molecule has 0 heterocycles. The molecule has 2 aromatic carbocycles. The van der Waals surface area contributed by atoms with Gasteiger partial charge in [0.05, 0.1) is 12.7 Å². The van der Waals surface area contributed by atoms with Crippen molar-refractivity contribution in [2.45, 2.75) is 31.7 Å². The largest absolute Gasteiger partial charge is 0.465 e. The Balaban J connectivity index is 1.92. The van der Waals surface area contributed by atoms with Gasteiger partial charge in [0.25, 0.3) is 5.91 Å². The SMILES string of the molecule is COC(=O)c1cc(C(=O)N[C@@H]2CCCC[C@@H]2C=O)cc(-c2ccccc2)c1. The van der Waals surface area contributed by atoms with E-state index in [-0.39, 0.29) is 17.9 Å². The molecule has 1 amide bonds. The Hall–Kier alpha value is -2.95. The molecular formula is C22H23NO4. The molecule has 1 saturated carbocycles. The molecule has 2 aromatic rings. The maximum absolute atomic E-state index is 12.8. The maximum atomic E-state index is 12.8. The van der Waals surface area contributed by atoms with Gasteiger partial charge in [-0.1, -0.05) is 43.2 Å². The van der Waals surface area contributed by atoms with Crippen LogP contribution in [0.2, 0.25) is 0 Å². The van der Waals surface area contributed by atoms with E-state index >= 15 is 0 Å². The van der Waals surface area contributed by atoms with Crippen LogP contribution in [0.1, 0.15) is 46.4 Å². The number of carbonyl (C=O) groups excluding carboxylic acids is 3. The van der Waals surface area contributed by atoms with Crippen LogP contribution in [0, 0.1) is 5.92 Å². The van der Waals surface area contributed by atoms with Crippen LogP contribution in [-0.4, -0.2) is 31.3 Å². The fourth-order valence-corrected chi connectivity index (χ4v) is 3.55. The van der Waals surface area contributed by atoms with Crippen molar-refractivity contribution >= 4 is 18.2 Å². The monoisotopic (exact) mass is 365 g/mol. The summed E-state index contributed by atoms with van der Waals surface area (Å²) in [6.45, 7) is 0. The first-order chi connectivity index (χ1) is 13.1. The van der Waals surface area contributed by atoms with Gasteiger partial charge in [-0.15, -0.1) is 0 Å². The quantitative estimate of drug-likeness (QED) is 0.649. The van der Waals surface area contributed by atoms with E-state index in [0.717, 1.165) is 43.1 Å². The lowest BCUT2D eigenvalue weighted by molar-refractivity contribution is -0.112. The third kappa shape index (κ3) is 4.42. The van der Waals surface area contributed by atoms with Crippen LogP contribution >= 0.6 is 0 Å². The fraction of sp³-hybridized carbons (Fsp3) is 0.318. The number of carbonyl (C=O) groups is 3. The van der Waals surface area contributed by atoms with Crippen LogP contribution < -0.4 is 5.32 Å². The van der Waals surface area contributed by atoms with Crippen LogP contribution in [0.5, 0.6) is 0 Å². The van der Waals surface area contributed by atoms with Crippen LogP contribution in [0.25, 0.3) is 11.1 Å². The summed E-state index contributed by atoms with van der Waals surface area (Å²) in [6.07, 6.45) is 4.52. The second-order valence-electron chi connectivity index (χ2n) is 6.82. The molecule has 0 aliphatic heterocycles. The summed E-state index contributed by atoms with van der Waals surface area (Å²) in [4.78, 5) is 36.2. The first-order valence-corrected chi connectivity index (χ1v) is 9.17. The maximum Gasteiger partial charge on any atom is 0.337 e. The highest BCUT2D eigenvalue weighted by atomic mass is 16.5. The second-order valence-corrected chi connectivity index (χ2v) is 6.82. The summed E-state index contributed by atoms with van der Waals surface area (Å²) >= 11 is 0. The molecule has 0 radical (unpaired) electrons. The van der Waals surface area contributed by atoms with Crippen molar-refractivity contribution in [3.63, 3.8) is 0 Å². The lowest BCUT2D eigenvalue weighted by atomic mass is 9.85. The molecule has 3 rings (SSSR count). The molecule has 0 unspecified atom stereocenters. The standard InChI is InChI=1S/C22H23NO4/c1-27-22(26)19-12-17(15-7-3-2-4-8-15)11-18(13-19)21(25)23-20-10-6-5-9-16(20)14-24/h2-4,7-8,11-14,16,20H,5-6,9-10H2,1H3,(H,23,25)/t16-,20-/m1/s1. The smallest absolute Gasteiger partial charge is 0.337 e. The third-order valence-electron chi connectivity index (χ3n) is 5.03. The van der Waals surface area contributed by atoms with Crippen LogP contribution in [0.3, 0.4) is 0 Å². The number of methoxy groups -OCH3 is 1. The highest BCUT2D eigenvalue weighted by Crippen LogP contribution is 2.25. The summed E-state index contributed by atoms with van der Waals surface area (Å²) in [5, 5.41) is 2.98. The van der Waals surface area contributed by atoms with E-state index in [1.165, 1.54) is 13.2 Å². The predicted molar refractivity (Wildman–Crippen MR) is 102 cm³/mol. The number of aldehydes is 1. The van der Waals surface area contributed by atoms with Crippen molar-refractivity contribution in [2.75, 3.05) is 7.11 Å². The highest BCUT2D eigenvalue weighted by Gasteiger charge is 2.26. The number of benzene rings is 2. The minimum Gasteiger partial charge on any atom is -0.465 e. The van der Waals surface area contributed by atoms with Crippen LogP contribution in [0.4, 0.5) is 0 Å². The molecule has 27 heavy (non-hydrogen) atoms. The molecular weight excluding hydrogens is 342 g/mol. The van der Waals surface area contributed by atoms with Gasteiger partial charge in [-0.3, -0.25) is 4.79 Å². The first kappa shape index (κ1) is 18.8. The Morgan fingerprint density at radius 1 is 1.00 bits per heavy atom. The number of rotatable bonds is 5. The average Bonchev–Trinajstić information content (AvgIpc) is 2.73. The van der Waals surface area contributed by atoms with Crippen LogP contribution in [0.15, 0.2) is 48.5 Å². The number of hydrogen-bond acceptors (Lipinski definition) is 4. The van der Waals surface area contributed by atoms with Gasteiger partial charge in [-0.2, -0.15) is 0 Å². The zero-order chi connectivity index (χ0) is 19.2. The first-order valence-electron chi connectivity index (χ1n) is 9.17. The Morgan fingerprint density at radius 3 is 2.41 bits per heavy atom. The molecule has 0 aromatic heterocycles. The topological polar surface area (TPSA) is 72.5 Å². The molecule has 0 spiro atoms. The van der Waals surface area contributed by atoms with Gasteiger partial charge in [0.2, 0.25) is 0 Å². The van der Waals surface area contributed by atoms with Crippen molar-refractivity contribution in [3.05, 3.63) is 59.7 Å². The average molecular weight is 365 g/mol. The summed E-state index contributed by atoms with van der Waals surface area (Å²) in [5.74, 6) is -0.929.